The molecule has 1 fully saturated rings. The van der Waals surface area contributed by atoms with E-state index >= 15 is 0 Å². The summed E-state index contributed by atoms with van der Waals surface area (Å²) in [5.74, 6) is 0.131. The van der Waals surface area contributed by atoms with Crippen LogP contribution in [0.4, 0.5) is 0 Å². The average molecular weight is 240 g/mol. The third-order valence-corrected chi connectivity index (χ3v) is 3.91. The van der Waals surface area contributed by atoms with Crippen LogP contribution in [0.1, 0.15) is 59.8 Å². The topological polar surface area (TPSA) is 41.1 Å². The van der Waals surface area contributed by atoms with Gasteiger partial charge < -0.3 is 10.6 Å². The van der Waals surface area contributed by atoms with Gasteiger partial charge in [0, 0.05) is 12.6 Å². The fraction of sp³-hybridized carbons (Fsp3) is 0.929. The SMILES string of the molecule is CCCC1(CNC(C)C(=O)NC(C)CC)CC1. The number of hydrogen-bond donors (Lipinski definition) is 2. The van der Waals surface area contributed by atoms with Crippen molar-refractivity contribution in [3.05, 3.63) is 0 Å². The Kier molecular flexibility index (Phi) is 5.44. The first-order chi connectivity index (χ1) is 8.03. The fourth-order valence-corrected chi connectivity index (χ4v) is 2.15. The summed E-state index contributed by atoms with van der Waals surface area (Å²) in [7, 11) is 0. The quantitative estimate of drug-likeness (QED) is 0.684. The lowest BCUT2D eigenvalue weighted by Crippen LogP contribution is -2.46. The van der Waals surface area contributed by atoms with E-state index < -0.39 is 0 Å². The summed E-state index contributed by atoms with van der Waals surface area (Å²) in [6, 6.07) is 0.204. The predicted molar refractivity (Wildman–Crippen MR) is 71.9 cm³/mol. The summed E-state index contributed by atoms with van der Waals surface area (Å²) >= 11 is 0. The molecule has 2 N–H and O–H groups in total. The lowest BCUT2D eigenvalue weighted by atomic mass is 10.0. The summed E-state index contributed by atoms with van der Waals surface area (Å²) < 4.78 is 0. The minimum absolute atomic E-state index is 0.0710. The zero-order valence-electron chi connectivity index (χ0n) is 11.8. The Balaban J connectivity index is 2.24. The van der Waals surface area contributed by atoms with Crippen LogP contribution < -0.4 is 10.6 Å². The molecule has 100 valence electrons. The smallest absolute Gasteiger partial charge is 0.237 e. The largest absolute Gasteiger partial charge is 0.352 e. The molecule has 1 amide bonds. The van der Waals surface area contributed by atoms with Crippen LogP contribution in [0.25, 0.3) is 0 Å². The maximum absolute atomic E-state index is 11.8. The van der Waals surface area contributed by atoms with Crippen molar-refractivity contribution in [2.24, 2.45) is 5.41 Å². The van der Waals surface area contributed by atoms with Gasteiger partial charge >= 0.3 is 0 Å². The van der Waals surface area contributed by atoms with Gasteiger partial charge in [0.05, 0.1) is 6.04 Å². The van der Waals surface area contributed by atoms with Crippen LogP contribution in [0.5, 0.6) is 0 Å². The second-order valence-electron chi connectivity index (χ2n) is 5.67. The molecule has 0 saturated heterocycles. The monoisotopic (exact) mass is 240 g/mol. The van der Waals surface area contributed by atoms with Crippen molar-refractivity contribution in [1.82, 2.24) is 10.6 Å². The Labute approximate surface area is 106 Å². The summed E-state index contributed by atoms with van der Waals surface area (Å²) in [4.78, 5) is 11.8. The Morgan fingerprint density at radius 3 is 2.41 bits per heavy atom. The summed E-state index contributed by atoms with van der Waals surface area (Å²) in [5.41, 5.74) is 0.514. The van der Waals surface area contributed by atoms with Crippen LogP contribution >= 0.6 is 0 Å². The highest BCUT2D eigenvalue weighted by Gasteiger charge is 2.41. The molecule has 1 aliphatic rings. The van der Waals surface area contributed by atoms with E-state index in [-0.39, 0.29) is 18.0 Å². The Morgan fingerprint density at radius 2 is 1.94 bits per heavy atom. The van der Waals surface area contributed by atoms with Gasteiger partial charge in [0.1, 0.15) is 0 Å². The van der Waals surface area contributed by atoms with Gasteiger partial charge in [0.25, 0.3) is 0 Å². The van der Waals surface area contributed by atoms with Crippen molar-refractivity contribution < 1.29 is 4.79 Å². The van der Waals surface area contributed by atoms with Crippen molar-refractivity contribution >= 4 is 5.91 Å². The predicted octanol–water partition coefficient (Wildman–Crippen LogP) is 2.46. The molecule has 2 atom stereocenters. The molecular weight excluding hydrogens is 212 g/mol. The van der Waals surface area contributed by atoms with E-state index in [0.717, 1.165) is 13.0 Å². The highest BCUT2D eigenvalue weighted by atomic mass is 16.2. The maximum atomic E-state index is 11.8. The van der Waals surface area contributed by atoms with Crippen molar-refractivity contribution in [2.45, 2.75) is 71.9 Å². The van der Waals surface area contributed by atoms with E-state index in [1.807, 2.05) is 13.8 Å². The minimum Gasteiger partial charge on any atom is -0.352 e. The van der Waals surface area contributed by atoms with Crippen molar-refractivity contribution in [2.75, 3.05) is 6.54 Å². The van der Waals surface area contributed by atoms with Crippen molar-refractivity contribution in [3.63, 3.8) is 0 Å². The van der Waals surface area contributed by atoms with Gasteiger partial charge in [-0.25, -0.2) is 0 Å². The zero-order chi connectivity index (χ0) is 12.9. The molecule has 1 aliphatic carbocycles. The van der Waals surface area contributed by atoms with Gasteiger partial charge in [-0.1, -0.05) is 20.3 Å². The molecule has 0 aromatic heterocycles. The van der Waals surface area contributed by atoms with E-state index in [9.17, 15) is 4.79 Å². The number of amides is 1. The van der Waals surface area contributed by atoms with E-state index in [1.165, 1.54) is 25.7 Å². The van der Waals surface area contributed by atoms with Crippen LogP contribution in [-0.2, 0) is 4.79 Å². The summed E-state index contributed by atoms with van der Waals surface area (Å²) in [6.07, 6.45) is 6.17. The maximum Gasteiger partial charge on any atom is 0.237 e. The van der Waals surface area contributed by atoms with E-state index in [2.05, 4.69) is 24.5 Å². The first-order valence-electron chi connectivity index (χ1n) is 7.07. The first kappa shape index (κ1) is 14.5. The Hall–Kier alpha value is -0.570. The standard InChI is InChI=1S/C14H28N2O/c1-5-7-14(8-9-14)10-15-12(4)13(17)16-11(3)6-2/h11-12,15H,5-10H2,1-4H3,(H,16,17). The number of hydrogen-bond acceptors (Lipinski definition) is 2. The first-order valence-corrected chi connectivity index (χ1v) is 7.07. The molecule has 3 nitrogen and oxygen atoms in total. The van der Waals surface area contributed by atoms with Gasteiger partial charge in [-0.2, -0.15) is 0 Å². The second-order valence-corrected chi connectivity index (χ2v) is 5.67. The minimum atomic E-state index is -0.0710. The Morgan fingerprint density at radius 1 is 1.29 bits per heavy atom. The van der Waals surface area contributed by atoms with E-state index in [1.54, 1.807) is 0 Å². The van der Waals surface area contributed by atoms with E-state index in [0.29, 0.717) is 5.41 Å². The van der Waals surface area contributed by atoms with Gasteiger partial charge in [-0.05, 0) is 44.9 Å². The highest BCUT2D eigenvalue weighted by molar-refractivity contribution is 5.81. The van der Waals surface area contributed by atoms with Gasteiger partial charge in [-0.3, -0.25) is 4.79 Å². The summed E-state index contributed by atoms with van der Waals surface area (Å²) in [6.45, 7) is 9.32. The fourth-order valence-electron chi connectivity index (χ4n) is 2.15. The molecule has 0 heterocycles. The number of carbonyl (C=O) groups excluding carboxylic acids is 1. The van der Waals surface area contributed by atoms with E-state index in [4.69, 9.17) is 0 Å². The third kappa shape index (κ3) is 4.66. The van der Waals surface area contributed by atoms with Crippen LogP contribution in [0, 0.1) is 5.41 Å². The molecule has 0 spiro atoms. The molecule has 0 aromatic carbocycles. The van der Waals surface area contributed by atoms with Gasteiger partial charge in [0.15, 0.2) is 0 Å². The molecule has 1 rings (SSSR count). The third-order valence-electron chi connectivity index (χ3n) is 3.91. The van der Waals surface area contributed by atoms with Crippen LogP contribution in [-0.4, -0.2) is 24.5 Å². The summed E-state index contributed by atoms with van der Waals surface area (Å²) in [5, 5.41) is 6.40. The van der Waals surface area contributed by atoms with Gasteiger partial charge in [-0.15, -0.1) is 0 Å². The number of rotatable bonds is 8. The lowest BCUT2D eigenvalue weighted by molar-refractivity contribution is -0.123. The van der Waals surface area contributed by atoms with Crippen molar-refractivity contribution in [3.8, 4) is 0 Å². The van der Waals surface area contributed by atoms with Crippen molar-refractivity contribution in [1.29, 1.82) is 0 Å². The average Bonchev–Trinajstić information content (AvgIpc) is 3.06. The highest BCUT2D eigenvalue weighted by Crippen LogP contribution is 2.48. The molecule has 1 saturated carbocycles. The van der Waals surface area contributed by atoms with Crippen LogP contribution in [0.3, 0.4) is 0 Å². The molecule has 3 heteroatoms. The van der Waals surface area contributed by atoms with Gasteiger partial charge in [0.2, 0.25) is 5.91 Å². The molecule has 17 heavy (non-hydrogen) atoms. The molecule has 0 bridgehead atoms. The Bertz CT molecular complexity index is 249. The second kappa shape index (κ2) is 6.39. The zero-order valence-corrected chi connectivity index (χ0v) is 11.8. The van der Waals surface area contributed by atoms with Crippen LogP contribution in [0.2, 0.25) is 0 Å². The molecular formula is C14H28N2O. The normalized spacial score (nSPS) is 20.7. The lowest BCUT2D eigenvalue weighted by Gasteiger charge is -2.21. The number of nitrogens with one attached hydrogen (secondary N) is 2. The molecule has 2 unspecified atom stereocenters. The van der Waals surface area contributed by atoms with Crippen LogP contribution in [0.15, 0.2) is 0 Å². The molecule has 0 aromatic rings. The molecule has 0 aliphatic heterocycles. The molecule has 0 radical (unpaired) electrons. The number of carbonyl (C=O) groups is 1.